The van der Waals surface area contributed by atoms with Gasteiger partial charge in [0.2, 0.25) is 0 Å². The summed E-state index contributed by atoms with van der Waals surface area (Å²) in [6.07, 6.45) is 0.619. The minimum absolute atomic E-state index is 0.0647. The Morgan fingerprint density at radius 3 is 1.90 bits per heavy atom. The quantitative estimate of drug-likeness (QED) is 0.720. The van der Waals surface area contributed by atoms with Crippen molar-refractivity contribution >= 4 is 21.8 Å². The second-order valence-corrected chi connectivity index (χ2v) is 6.25. The molecule has 0 heterocycles. The van der Waals surface area contributed by atoms with Gasteiger partial charge in [-0.1, -0.05) is 12.1 Å². The minimum atomic E-state index is -3.37. The van der Waals surface area contributed by atoms with E-state index in [4.69, 9.17) is 10.2 Å². The summed E-state index contributed by atoms with van der Waals surface area (Å²) < 4.78 is 27.2. The van der Waals surface area contributed by atoms with Gasteiger partial charge in [-0.3, -0.25) is 0 Å². The van der Waals surface area contributed by atoms with E-state index in [0.29, 0.717) is 5.56 Å². The van der Waals surface area contributed by atoms with Gasteiger partial charge in [0.05, 0.1) is 4.90 Å². The molecule has 0 amide bonds. The van der Waals surface area contributed by atoms with Crippen LogP contribution in [0, 0.1) is 0 Å². The van der Waals surface area contributed by atoms with E-state index in [1.807, 2.05) is 0 Å². The Kier molecular flexibility index (Phi) is 4.51. The molecule has 2 N–H and O–H groups in total. The first kappa shape index (κ1) is 16.1. The number of hydrogen-bond acceptors (Lipinski definition) is 5. The fraction of sp³-hybridized carbons (Fsp3) is 0.333. The van der Waals surface area contributed by atoms with Gasteiger partial charge < -0.3 is 14.9 Å². The van der Waals surface area contributed by atoms with E-state index in [1.165, 1.54) is 24.3 Å². The predicted molar refractivity (Wildman–Crippen MR) is 68.3 cm³/mol. The number of benzene rings is 1. The van der Waals surface area contributed by atoms with E-state index >= 15 is 0 Å². The van der Waals surface area contributed by atoms with Crippen LogP contribution in [0.4, 0.5) is 0 Å². The van der Waals surface area contributed by atoms with Gasteiger partial charge in [-0.15, -0.1) is 0 Å². The van der Waals surface area contributed by atoms with Crippen LogP contribution in [-0.4, -0.2) is 49.5 Å². The highest BCUT2D eigenvalue weighted by Gasteiger charge is 2.47. The van der Waals surface area contributed by atoms with Crippen LogP contribution >= 0.6 is 0 Å². The van der Waals surface area contributed by atoms with Crippen molar-refractivity contribution in [3.8, 4) is 0 Å². The lowest BCUT2D eigenvalue weighted by molar-refractivity contribution is -0.179. The van der Waals surface area contributed by atoms with Crippen LogP contribution in [-0.2, 0) is 30.6 Å². The van der Waals surface area contributed by atoms with E-state index in [9.17, 15) is 18.0 Å². The number of sulfone groups is 1. The van der Waals surface area contributed by atoms with Crippen LogP contribution in [0.25, 0.3) is 0 Å². The van der Waals surface area contributed by atoms with E-state index in [2.05, 4.69) is 4.74 Å². The summed E-state index contributed by atoms with van der Waals surface area (Å²) in [6, 6.07) is 5.29. The van der Waals surface area contributed by atoms with E-state index in [0.717, 1.165) is 13.4 Å². The highest BCUT2D eigenvalue weighted by atomic mass is 32.2. The van der Waals surface area contributed by atoms with Gasteiger partial charge >= 0.3 is 11.9 Å². The van der Waals surface area contributed by atoms with Crippen molar-refractivity contribution in [3.05, 3.63) is 29.8 Å². The van der Waals surface area contributed by atoms with E-state index in [-0.39, 0.29) is 4.90 Å². The zero-order valence-corrected chi connectivity index (χ0v) is 11.7. The van der Waals surface area contributed by atoms with Gasteiger partial charge in [0.1, 0.15) is 0 Å². The maximum Gasteiger partial charge on any atom is 0.348 e. The summed E-state index contributed by atoms with van der Waals surface area (Å²) in [5, 5.41) is 18.1. The Balaban J connectivity index is 3.14. The van der Waals surface area contributed by atoms with Crippen LogP contribution in [0.2, 0.25) is 0 Å². The third-order valence-corrected chi connectivity index (χ3v) is 3.97. The lowest BCUT2D eigenvalue weighted by Gasteiger charge is -2.23. The molecule has 0 radical (unpaired) electrons. The molecule has 0 unspecified atom stereocenters. The third kappa shape index (κ3) is 3.14. The van der Waals surface area contributed by atoms with Crippen LogP contribution in [0.1, 0.15) is 5.56 Å². The Morgan fingerprint density at radius 1 is 1.15 bits per heavy atom. The number of hydrogen-bond donors (Lipinski definition) is 2. The van der Waals surface area contributed by atoms with Crippen molar-refractivity contribution < 1.29 is 33.0 Å². The summed E-state index contributed by atoms with van der Waals surface area (Å²) in [5.41, 5.74) is -2.06. The highest BCUT2D eigenvalue weighted by Crippen LogP contribution is 2.20. The zero-order valence-electron chi connectivity index (χ0n) is 10.9. The Morgan fingerprint density at radius 2 is 1.60 bits per heavy atom. The van der Waals surface area contributed by atoms with Gasteiger partial charge in [-0.05, 0) is 17.7 Å². The number of methoxy groups -OCH3 is 1. The molecule has 110 valence electrons. The number of rotatable bonds is 6. The molecule has 0 saturated heterocycles. The van der Waals surface area contributed by atoms with Crippen LogP contribution in [0.3, 0.4) is 0 Å². The lowest BCUT2D eigenvalue weighted by atomic mass is 9.94. The van der Waals surface area contributed by atoms with Gasteiger partial charge in [-0.25, -0.2) is 18.0 Å². The molecule has 0 atom stereocenters. The molecule has 1 aromatic rings. The first-order valence-corrected chi connectivity index (χ1v) is 7.33. The molecule has 0 saturated carbocycles. The molecular formula is C12H14O7S. The van der Waals surface area contributed by atoms with Crippen molar-refractivity contribution in [2.24, 2.45) is 0 Å². The van der Waals surface area contributed by atoms with E-state index < -0.39 is 33.8 Å². The van der Waals surface area contributed by atoms with Crippen molar-refractivity contribution in [2.75, 3.05) is 13.4 Å². The number of carbonyl (C=O) groups is 2. The molecule has 0 aliphatic rings. The van der Waals surface area contributed by atoms with Gasteiger partial charge in [-0.2, -0.15) is 0 Å². The average Bonchev–Trinajstić information content (AvgIpc) is 2.34. The molecule has 0 fully saturated rings. The van der Waals surface area contributed by atoms with Crippen molar-refractivity contribution in [1.82, 2.24) is 0 Å². The molecule has 0 aliphatic carbocycles. The molecule has 8 heteroatoms. The normalized spacial score (nSPS) is 12.1. The topological polar surface area (TPSA) is 118 Å². The highest BCUT2D eigenvalue weighted by molar-refractivity contribution is 7.90. The van der Waals surface area contributed by atoms with Gasteiger partial charge in [0, 0.05) is 19.8 Å². The van der Waals surface area contributed by atoms with Crippen molar-refractivity contribution in [1.29, 1.82) is 0 Å². The molecule has 1 rings (SSSR count). The maximum atomic E-state index is 11.3. The Hall–Kier alpha value is -1.93. The number of carboxylic acids is 2. The third-order valence-electron chi connectivity index (χ3n) is 2.84. The molecular weight excluding hydrogens is 288 g/mol. The molecule has 1 aromatic carbocycles. The number of ether oxygens (including phenoxy) is 1. The SMILES string of the molecule is COC(Cc1ccc(S(C)(=O)=O)cc1)(C(=O)O)C(=O)O. The smallest absolute Gasteiger partial charge is 0.348 e. The summed E-state index contributed by atoms with van der Waals surface area (Å²) >= 11 is 0. The molecule has 0 spiro atoms. The van der Waals surface area contributed by atoms with Crippen molar-refractivity contribution in [3.63, 3.8) is 0 Å². The maximum absolute atomic E-state index is 11.3. The van der Waals surface area contributed by atoms with Crippen LogP contribution in [0.5, 0.6) is 0 Å². The number of carboxylic acid groups (broad SMARTS) is 2. The van der Waals surface area contributed by atoms with E-state index in [1.54, 1.807) is 0 Å². The first-order valence-electron chi connectivity index (χ1n) is 5.44. The Labute approximate surface area is 115 Å². The molecule has 0 aliphatic heterocycles. The minimum Gasteiger partial charge on any atom is -0.479 e. The molecule has 20 heavy (non-hydrogen) atoms. The van der Waals surface area contributed by atoms with Gasteiger partial charge in [0.15, 0.2) is 9.84 Å². The fourth-order valence-electron chi connectivity index (χ4n) is 1.63. The molecule has 0 bridgehead atoms. The van der Waals surface area contributed by atoms with Crippen LogP contribution in [0.15, 0.2) is 29.2 Å². The largest absolute Gasteiger partial charge is 0.479 e. The molecule has 0 aromatic heterocycles. The lowest BCUT2D eigenvalue weighted by Crippen LogP contribution is -2.50. The summed E-state index contributed by atoms with van der Waals surface area (Å²) in [6.45, 7) is 0. The predicted octanol–water partition coefficient (Wildman–Crippen LogP) is 0.187. The Bertz CT molecular complexity index is 602. The van der Waals surface area contributed by atoms with Gasteiger partial charge in [0.25, 0.3) is 5.60 Å². The standard InChI is InChI=1S/C12H14O7S/c1-19-12(10(13)14,11(15)16)7-8-3-5-9(6-4-8)20(2,17)18/h3-6H,7H2,1-2H3,(H,13,14)(H,15,16). The zero-order chi connectivity index (χ0) is 15.6. The monoisotopic (exact) mass is 302 g/mol. The summed E-state index contributed by atoms with van der Waals surface area (Å²) in [7, 11) is -2.37. The number of aliphatic carboxylic acids is 2. The second-order valence-electron chi connectivity index (χ2n) is 4.23. The fourth-order valence-corrected chi connectivity index (χ4v) is 2.26. The summed E-state index contributed by atoms with van der Waals surface area (Å²) in [4.78, 5) is 22.3. The van der Waals surface area contributed by atoms with Crippen molar-refractivity contribution in [2.45, 2.75) is 16.9 Å². The average molecular weight is 302 g/mol. The first-order chi connectivity index (χ1) is 9.13. The molecule has 7 nitrogen and oxygen atoms in total. The summed E-state index contributed by atoms with van der Waals surface area (Å²) in [5.74, 6) is -3.25. The second kappa shape index (κ2) is 5.59. The van der Waals surface area contributed by atoms with Crippen LogP contribution < -0.4 is 0 Å².